The maximum atomic E-state index is 13.0. The predicted octanol–water partition coefficient (Wildman–Crippen LogP) is 3.81. The lowest BCUT2D eigenvalue weighted by atomic mass is 9.73. The average Bonchev–Trinajstić information content (AvgIpc) is 2.55. The summed E-state index contributed by atoms with van der Waals surface area (Å²) in [6, 6.07) is 9.98. The summed E-state index contributed by atoms with van der Waals surface area (Å²) in [5, 5.41) is 0. The molecule has 0 unspecified atom stereocenters. The summed E-state index contributed by atoms with van der Waals surface area (Å²) in [6.45, 7) is 8.81. The van der Waals surface area contributed by atoms with Gasteiger partial charge in [-0.1, -0.05) is 30.3 Å². The van der Waals surface area contributed by atoms with Gasteiger partial charge in [0.1, 0.15) is 5.60 Å². The Morgan fingerprint density at radius 1 is 1.12 bits per heavy atom. The van der Waals surface area contributed by atoms with E-state index in [2.05, 4.69) is 0 Å². The van der Waals surface area contributed by atoms with Gasteiger partial charge in [0.15, 0.2) is 0 Å². The lowest BCUT2D eigenvalue weighted by molar-refractivity contribution is -0.170. The molecule has 2 rings (SSSR count). The van der Waals surface area contributed by atoms with E-state index in [1.54, 1.807) is 11.8 Å². The second-order valence-electron chi connectivity index (χ2n) is 7.63. The van der Waals surface area contributed by atoms with Crippen molar-refractivity contribution in [1.82, 2.24) is 4.90 Å². The highest BCUT2D eigenvalue weighted by Gasteiger charge is 2.45. The van der Waals surface area contributed by atoms with E-state index in [-0.39, 0.29) is 12.1 Å². The molecule has 0 saturated carbocycles. The Labute approximate surface area is 150 Å². The number of carbonyl (C=O) groups is 2. The fourth-order valence-electron chi connectivity index (χ4n) is 3.16. The lowest BCUT2D eigenvalue weighted by Crippen LogP contribution is -2.49. The number of hydrogen-bond donors (Lipinski definition) is 0. The minimum atomic E-state index is -0.600. The highest BCUT2D eigenvalue weighted by molar-refractivity contribution is 5.78. The third-order valence-corrected chi connectivity index (χ3v) is 4.46. The summed E-state index contributed by atoms with van der Waals surface area (Å²) < 4.78 is 10.8. The monoisotopic (exact) mass is 347 g/mol. The zero-order chi connectivity index (χ0) is 18.5. The number of likely N-dealkylation sites (tertiary alicyclic amines) is 1. The Kier molecular flexibility index (Phi) is 6.09. The van der Waals surface area contributed by atoms with E-state index in [4.69, 9.17) is 9.47 Å². The maximum absolute atomic E-state index is 13.0. The van der Waals surface area contributed by atoms with Crippen LogP contribution >= 0.6 is 0 Å². The molecule has 1 fully saturated rings. The summed E-state index contributed by atoms with van der Waals surface area (Å²) in [5.41, 5.74) is -0.0191. The van der Waals surface area contributed by atoms with Crippen molar-refractivity contribution in [2.75, 3.05) is 19.7 Å². The number of carbonyl (C=O) groups excluding carboxylic acids is 2. The molecule has 25 heavy (non-hydrogen) atoms. The number of ether oxygens (including phenoxy) is 2. The van der Waals surface area contributed by atoms with Crippen molar-refractivity contribution in [1.29, 1.82) is 0 Å². The molecule has 5 nitrogen and oxygen atoms in total. The Morgan fingerprint density at radius 3 is 2.24 bits per heavy atom. The van der Waals surface area contributed by atoms with E-state index in [0.717, 1.165) is 5.56 Å². The lowest BCUT2D eigenvalue weighted by Gasteiger charge is -2.41. The molecule has 0 aromatic heterocycles. The smallest absolute Gasteiger partial charge is 0.409 e. The third kappa shape index (κ3) is 5.21. The fourth-order valence-corrected chi connectivity index (χ4v) is 3.16. The second kappa shape index (κ2) is 7.89. The Bertz CT molecular complexity index is 583. The Morgan fingerprint density at radius 2 is 1.72 bits per heavy atom. The SMILES string of the molecule is CCOC(=O)N1CCC(Cc2ccccc2)(C(=O)OC(C)(C)C)CC1. The number of esters is 1. The van der Waals surface area contributed by atoms with Gasteiger partial charge in [-0.2, -0.15) is 0 Å². The number of amides is 1. The largest absolute Gasteiger partial charge is 0.460 e. The summed E-state index contributed by atoms with van der Waals surface area (Å²) in [5.74, 6) is -0.174. The minimum Gasteiger partial charge on any atom is -0.460 e. The van der Waals surface area contributed by atoms with E-state index in [0.29, 0.717) is 39.0 Å². The number of piperidine rings is 1. The van der Waals surface area contributed by atoms with E-state index >= 15 is 0 Å². The van der Waals surface area contributed by atoms with Crippen LogP contribution in [0, 0.1) is 5.41 Å². The molecule has 1 amide bonds. The topological polar surface area (TPSA) is 55.8 Å². The van der Waals surface area contributed by atoms with Gasteiger partial charge >= 0.3 is 12.1 Å². The first kappa shape index (κ1) is 19.3. The average molecular weight is 347 g/mol. The van der Waals surface area contributed by atoms with Gasteiger partial charge in [-0.15, -0.1) is 0 Å². The molecule has 0 aliphatic carbocycles. The van der Waals surface area contributed by atoms with Crippen LogP contribution < -0.4 is 0 Å². The Balaban J connectivity index is 2.17. The first-order valence-electron chi connectivity index (χ1n) is 8.95. The van der Waals surface area contributed by atoms with Gasteiger partial charge in [0.05, 0.1) is 12.0 Å². The zero-order valence-electron chi connectivity index (χ0n) is 15.7. The highest BCUT2D eigenvalue weighted by Crippen LogP contribution is 2.38. The van der Waals surface area contributed by atoms with Gasteiger partial charge in [0.2, 0.25) is 0 Å². The molecule has 1 aromatic rings. The van der Waals surface area contributed by atoms with Crippen LogP contribution in [0.25, 0.3) is 0 Å². The maximum Gasteiger partial charge on any atom is 0.409 e. The van der Waals surface area contributed by atoms with Crippen molar-refractivity contribution < 1.29 is 19.1 Å². The van der Waals surface area contributed by atoms with Crippen molar-refractivity contribution >= 4 is 12.1 Å². The van der Waals surface area contributed by atoms with Gasteiger partial charge < -0.3 is 14.4 Å². The van der Waals surface area contributed by atoms with Gasteiger partial charge in [0.25, 0.3) is 0 Å². The third-order valence-electron chi connectivity index (χ3n) is 4.46. The van der Waals surface area contributed by atoms with Gasteiger partial charge in [-0.3, -0.25) is 4.79 Å². The van der Waals surface area contributed by atoms with Crippen LogP contribution in [0.5, 0.6) is 0 Å². The first-order chi connectivity index (χ1) is 11.8. The number of nitrogens with zero attached hydrogens (tertiary/aromatic N) is 1. The normalized spacial score (nSPS) is 17.0. The number of benzene rings is 1. The van der Waals surface area contributed by atoms with Crippen LogP contribution in [0.3, 0.4) is 0 Å². The van der Waals surface area contributed by atoms with Crippen molar-refractivity contribution in [2.24, 2.45) is 5.41 Å². The molecule has 0 spiro atoms. The van der Waals surface area contributed by atoms with Crippen LogP contribution in [0.15, 0.2) is 30.3 Å². The first-order valence-corrected chi connectivity index (χ1v) is 8.95. The van der Waals surface area contributed by atoms with Crippen LogP contribution in [0.4, 0.5) is 4.79 Å². The molecule has 1 aliphatic heterocycles. The molecule has 1 aromatic carbocycles. The van der Waals surface area contributed by atoms with E-state index in [1.165, 1.54) is 0 Å². The number of hydrogen-bond acceptors (Lipinski definition) is 4. The number of rotatable bonds is 4. The second-order valence-corrected chi connectivity index (χ2v) is 7.63. The molecule has 0 bridgehead atoms. The van der Waals surface area contributed by atoms with Gasteiger partial charge in [-0.05, 0) is 52.5 Å². The summed E-state index contributed by atoms with van der Waals surface area (Å²) in [4.78, 5) is 26.6. The van der Waals surface area contributed by atoms with Crippen molar-refractivity contribution in [3.63, 3.8) is 0 Å². The fraction of sp³-hybridized carbons (Fsp3) is 0.600. The summed E-state index contributed by atoms with van der Waals surface area (Å²) >= 11 is 0. The summed E-state index contributed by atoms with van der Waals surface area (Å²) in [6.07, 6.45) is 1.48. The minimum absolute atomic E-state index is 0.174. The molecular weight excluding hydrogens is 318 g/mol. The van der Waals surface area contributed by atoms with Crippen LogP contribution in [0.2, 0.25) is 0 Å². The van der Waals surface area contributed by atoms with E-state index < -0.39 is 11.0 Å². The van der Waals surface area contributed by atoms with Crippen LogP contribution in [0.1, 0.15) is 46.1 Å². The molecule has 0 radical (unpaired) electrons. The molecule has 0 atom stereocenters. The molecule has 1 aliphatic rings. The standard InChI is InChI=1S/C20H29NO4/c1-5-24-18(23)21-13-11-20(12-14-21,17(22)25-19(2,3)4)15-16-9-7-6-8-10-16/h6-10H,5,11-15H2,1-4H3. The van der Waals surface area contributed by atoms with Crippen molar-refractivity contribution in [3.8, 4) is 0 Å². The quantitative estimate of drug-likeness (QED) is 0.777. The molecule has 138 valence electrons. The van der Waals surface area contributed by atoms with Crippen molar-refractivity contribution in [2.45, 2.75) is 52.6 Å². The molecular formula is C20H29NO4. The molecule has 5 heteroatoms. The van der Waals surface area contributed by atoms with Gasteiger partial charge in [0, 0.05) is 13.1 Å². The molecule has 0 N–H and O–H groups in total. The van der Waals surface area contributed by atoms with E-state index in [1.807, 2.05) is 51.1 Å². The Hall–Kier alpha value is -2.04. The van der Waals surface area contributed by atoms with Gasteiger partial charge in [-0.25, -0.2) is 4.79 Å². The molecule has 1 saturated heterocycles. The summed E-state index contributed by atoms with van der Waals surface area (Å²) in [7, 11) is 0. The van der Waals surface area contributed by atoms with E-state index in [9.17, 15) is 9.59 Å². The zero-order valence-corrected chi connectivity index (χ0v) is 15.7. The predicted molar refractivity (Wildman–Crippen MR) is 96.3 cm³/mol. The highest BCUT2D eigenvalue weighted by atomic mass is 16.6. The molecule has 1 heterocycles. The van der Waals surface area contributed by atoms with Crippen LogP contribution in [-0.2, 0) is 20.7 Å². The van der Waals surface area contributed by atoms with Crippen molar-refractivity contribution in [3.05, 3.63) is 35.9 Å². The van der Waals surface area contributed by atoms with Crippen LogP contribution in [-0.4, -0.2) is 42.3 Å².